The zero-order valence-corrected chi connectivity index (χ0v) is 9.95. The molecule has 1 aliphatic rings. The van der Waals surface area contributed by atoms with Gasteiger partial charge in [0.25, 0.3) is 0 Å². The van der Waals surface area contributed by atoms with E-state index in [1.54, 1.807) is 0 Å². The number of nitrogens with zero attached hydrogens (tertiary/aromatic N) is 1. The number of piperidine rings is 1. The van der Waals surface area contributed by atoms with Crippen LogP contribution in [-0.4, -0.2) is 49.7 Å². The minimum Gasteiger partial charge on any atom is -0.465 e. The molecule has 0 aliphatic carbocycles. The van der Waals surface area contributed by atoms with E-state index in [2.05, 4.69) is 24.2 Å². The molecule has 4 nitrogen and oxygen atoms in total. The molecule has 0 saturated carbocycles. The molecule has 2 unspecified atom stereocenters. The van der Waals surface area contributed by atoms with Gasteiger partial charge in [0.05, 0.1) is 13.2 Å². The van der Waals surface area contributed by atoms with Crippen molar-refractivity contribution in [2.45, 2.75) is 38.8 Å². The molecule has 1 aliphatic heterocycles. The van der Waals surface area contributed by atoms with Crippen molar-refractivity contribution in [3.05, 3.63) is 0 Å². The minimum absolute atomic E-state index is 0.149. The SMILES string of the molecule is CCOC(=O)CNC1CCN(C)C(C)C1. The predicted molar refractivity (Wildman–Crippen MR) is 59.7 cm³/mol. The van der Waals surface area contributed by atoms with E-state index in [1.165, 1.54) is 0 Å². The summed E-state index contributed by atoms with van der Waals surface area (Å²) in [5, 5.41) is 3.26. The first-order valence-corrected chi connectivity index (χ1v) is 5.72. The number of likely N-dealkylation sites (tertiary alicyclic amines) is 1. The molecule has 0 aromatic heterocycles. The van der Waals surface area contributed by atoms with Gasteiger partial charge in [0, 0.05) is 12.1 Å². The fourth-order valence-electron chi connectivity index (χ4n) is 1.91. The monoisotopic (exact) mass is 214 g/mol. The Kier molecular flexibility index (Phi) is 5.05. The van der Waals surface area contributed by atoms with Crippen molar-refractivity contribution >= 4 is 5.97 Å². The second kappa shape index (κ2) is 6.08. The highest BCUT2D eigenvalue weighted by molar-refractivity contribution is 5.71. The molecule has 4 heteroatoms. The Morgan fingerprint density at radius 3 is 2.93 bits per heavy atom. The Bertz CT molecular complexity index is 209. The smallest absolute Gasteiger partial charge is 0.319 e. The maximum atomic E-state index is 11.1. The number of nitrogens with one attached hydrogen (secondary N) is 1. The van der Waals surface area contributed by atoms with Crippen LogP contribution in [0, 0.1) is 0 Å². The molecular weight excluding hydrogens is 192 g/mol. The van der Waals surface area contributed by atoms with E-state index in [4.69, 9.17) is 4.74 Å². The highest BCUT2D eigenvalue weighted by Crippen LogP contribution is 2.14. The van der Waals surface area contributed by atoms with E-state index in [0.29, 0.717) is 25.2 Å². The van der Waals surface area contributed by atoms with Crippen molar-refractivity contribution in [2.75, 3.05) is 26.7 Å². The van der Waals surface area contributed by atoms with Crippen LogP contribution in [0.5, 0.6) is 0 Å². The number of esters is 1. The highest BCUT2D eigenvalue weighted by atomic mass is 16.5. The Morgan fingerprint density at radius 2 is 2.33 bits per heavy atom. The largest absolute Gasteiger partial charge is 0.465 e. The van der Waals surface area contributed by atoms with Gasteiger partial charge in [-0.3, -0.25) is 4.79 Å². The van der Waals surface area contributed by atoms with Crippen molar-refractivity contribution in [1.29, 1.82) is 0 Å². The topological polar surface area (TPSA) is 41.6 Å². The predicted octanol–water partition coefficient (Wildman–Crippen LogP) is 0.622. The van der Waals surface area contributed by atoms with Crippen LogP contribution in [0.3, 0.4) is 0 Å². The number of ether oxygens (including phenoxy) is 1. The van der Waals surface area contributed by atoms with Crippen LogP contribution in [0.1, 0.15) is 26.7 Å². The number of carbonyl (C=O) groups is 1. The van der Waals surface area contributed by atoms with Gasteiger partial charge in [0.15, 0.2) is 0 Å². The summed E-state index contributed by atoms with van der Waals surface area (Å²) in [6.45, 7) is 5.95. The molecule has 88 valence electrons. The van der Waals surface area contributed by atoms with Gasteiger partial charge in [-0.25, -0.2) is 0 Å². The fourth-order valence-corrected chi connectivity index (χ4v) is 1.91. The molecular formula is C11H22N2O2. The van der Waals surface area contributed by atoms with Gasteiger partial charge in [0.2, 0.25) is 0 Å². The van der Waals surface area contributed by atoms with Crippen LogP contribution in [-0.2, 0) is 9.53 Å². The summed E-state index contributed by atoms with van der Waals surface area (Å²) in [6, 6.07) is 1.05. The Hall–Kier alpha value is -0.610. The van der Waals surface area contributed by atoms with Crippen LogP contribution >= 0.6 is 0 Å². The molecule has 1 heterocycles. The highest BCUT2D eigenvalue weighted by Gasteiger charge is 2.22. The number of rotatable bonds is 4. The molecule has 1 N–H and O–H groups in total. The van der Waals surface area contributed by atoms with E-state index in [-0.39, 0.29) is 5.97 Å². The van der Waals surface area contributed by atoms with Crippen LogP contribution < -0.4 is 5.32 Å². The Balaban J connectivity index is 2.19. The van der Waals surface area contributed by atoms with Crippen LogP contribution in [0.2, 0.25) is 0 Å². The first-order valence-electron chi connectivity index (χ1n) is 5.72. The van der Waals surface area contributed by atoms with Gasteiger partial charge in [0.1, 0.15) is 0 Å². The molecule has 1 saturated heterocycles. The average Bonchev–Trinajstić information content (AvgIpc) is 2.20. The summed E-state index contributed by atoms with van der Waals surface area (Å²) in [7, 11) is 2.15. The normalized spacial score (nSPS) is 27.7. The lowest BCUT2D eigenvalue weighted by Crippen LogP contribution is -2.46. The lowest BCUT2D eigenvalue weighted by Gasteiger charge is -2.35. The van der Waals surface area contributed by atoms with Gasteiger partial charge in [-0.2, -0.15) is 0 Å². The zero-order valence-electron chi connectivity index (χ0n) is 9.95. The van der Waals surface area contributed by atoms with Crippen LogP contribution in [0.15, 0.2) is 0 Å². The van der Waals surface area contributed by atoms with Gasteiger partial charge >= 0.3 is 5.97 Å². The molecule has 0 radical (unpaired) electrons. The van der Waals surface area contributed by atoms with Gasteiger partial charge in [-0.05, 0) is 40.3 Å². The fraction of sp³-hybridized carbons (Fsp3) is 0.909. The second-order valence-electron chi connectivity index (χ2n) is 4.24. The first-order chi connectivity index (χ1) is 7.13. The lowest BCUT2D eigenvalue weighted by molar-refractivity contribution is -0.142. The first kappa shape index (κ1) is 12.5. The summed E-state index contributed by atoms with van der Waals surface area (Å²) in [5.41, 5.74) is 0. The van der Waals surface area contributed by atoms with Crippen molar-refractivity contribution in [3.63, 3.8) is 0 Å². The number of carbonyl (C=O) groups excluding carboxylic acids is 1. The summed E-state index contributed by atoms with van der Waals surface area (Å²) in [6.07, 6.45) is 2.22. The third-order valence-electron chi connectivity index (χ3n) is 3.05. The van der Waals surface area contributed by atoms with E-state index < -0.39 is 0 Å². The molecule has 15 heavy (non-hydrogen) atoms. The summed E-state index contributed by atoms with van der Waals surface area (Å²) >= 11 is 0. The minimum atomic E-state index is -0.149. The second-order valence-corrected chi connectivity index (χ2v) is 4.24. The van der Waals surface area contributed by atoms with Crippen LogP contribution in [0.25, 0.3) is 0 Å². The van der Waals surface area contributed by atoms with E-state index >= 15 is 0 Å². The Labute approximate surface area is 92.0 Å². The van der Waals surface area contributed by atoms with E-state index in [9.17, 15) is 4.79 Å². The average molecular weight is 214 g/mol. The molecule has 0 bridgehead atoms. The van der Waals surface area contributed by atoms with Gasteiger partial charge in [-0.15, -0.1) is 0 Å². The zero-order chi connectivity index (χ0) is 11.3. The van der Waals surface area contributed by atoms with Crippen molar-refractivity contribution in [3.8, 4) is 0 Å². The maximum absolute atomic E-state index is 11.1. The van der Waals surface area contributed by atoms with Crippen molar-refractivity contribution < 1.29 is 9.53 Å². The molecule has 0 aromatic carbocycles. The molecule has 0 amide bonds. The van der Waals surface area contributed by atoms with Crippen molar-refractivity contribution in [1.82, 2.24) is 10.2 Å². The quantitative estimate of drug-likeness (QED) is 0.697. The van der Waals surface area contributed by atoms with Crippen LogP contribution in [0.4, 0.5) is 0 Å². The van der Waals surface area contributed by atoms with E-state index in [0.717, 1.165) is 19.4 Å². The summed E-state index contributed by atoms with van der Waals surface area (Å²) in [4.78, 5) is 13.5. The number of hydrogen-bond donors (Lipinski definition) is 1. The third-order valence-corrected chi connectivity index (χ3v) is 3.05. The van der Waals surface area contributed by atoms with Crippen molar-refractivity contribution in [2.24, 2.45) is 0 Å². The number of hydrogen-bond acceptors (Lipinski definition) is 4. The summed E-state index contributed by atoms with van der Waals surface area (Å²) in [5.74, 6) is -0.149. The Morgan fingerprint density at radius 1 is 1.60 bits per heavy atom. The standard InChI is InChI=1S/C11H22N2O2/c1-4-15-11(14)8-12-10-5-6-13(3)9(2)7-10/h9-10,12H,4-8H2,1-3H3. The lowest BCUT2D eigenvalue weighted by atomic mass is 9.99. The molecule has 0 aromatic rings. The molecule has 0 spiro atoms. The molecule has 2 atom stereocenters. The third kappa shape index (κ3) is 4.18. The maximum Gasteiger partial charge on any atom is 0.319 e. The summed E-state index contributed by atoms with van der Waals surface area (Å²) < 4.78 is 4.87. The molecule has 1 fully saturated rings. The molecule has 1 rings (SSSR count). The van der Waals surface area contributed by atoms with Gasteiger partial charge in [-0.1, -0.05) is 0 Å². The van der Waals surface area contributed by atoms with Gasteiger partial charge < -0.3 is 15.0 Å². The van der Waals surface area contributed by atoms with E-state index in [1.807, 2.05) is 6.92 Å².